The summed E-state index contributed by atoms with van der Waals surface area (Å²) in [7, 11) is 0. The number of rotatable bonds is 3. The summed E-state index contributed by atoms with van der Waals surface area (Å²) >= 11 is 11.4. The van der Waals surface area contributed by atoms with Crippen molar-refractivity contribution in [1.82, 2.24) is 4.42 Å². The van der Waals surface area contributed by atoms with Crippen LogP contribution in [0.1, 0.15) is 20.8 Å². The molecule has 0 rings (SSSR count). The molecule has 0 amide bonds. The Morgan fingerprint density at radius 3 is 1.82 bits per heavy atom. The molecule has 2 N–H and O–H groups in total. The first-order valence-electron chi connectivity index (χ1n) is 3.30. The summed E-state index contributed by atoms with van der Waals surface area (Å²) in [5.74, 6) is 0. The van der Waals surface area contributed by atoms with Gasteiger partial charge in [-0.1, -0.05) is 11.6 Å². The molecule has 0 heterocycles. The first-order chi connectivity index (χ1) is 4.80. The molecule has 1 atom stereocenters. The van der Waals surface area contributed by atoms with Crippen molar-refractivity contribution in [3.05, 3.63) is 0 Å². The van der Waals surface area contributed by atoms with E-state index in [-0.39, 0.29) is 6.04 Å². The van der Waals surface area contributed by atoms with Crippen LogP contribution >= 0.6 is 23.4 Å². The van der Waals surface area contributed by atoms with E-state index >= 15 is 0 Å². The van der Waals surface area contributed by atoms with Gasteiger partial charge in [-0.05, 0) is 32.5 Å². The molecule has 0 fully saturated rings. The number of halogens is 2. The second-order valence-corrected chi connectivity index (χ2v) is 3.93. The molecule has 3 nitrogen and oxygen atoms in total. The predicted octanol–water partition coefficient (Wildman–Crippen LogP) is 1.12. The van der Waals surface area contributed by atoms with E-state index in [0.29, 0.717) is 0 Å². The Kier molecular flexibility index (Phi) is 4.08. The normalized spacial score (nSPS) is 18.0. The van der Waals surface area contributed by atoms with Gasteiger partial charge in [0.1, 0.15) is 0 Å². The molecule has 0 spiro atoms. The molecule has 0 aliphatic rings. The zero-order valence-corrected chi connectivity index (χ0v) is 8.26. The molecule has 0 aliphatic heterocycles. The van der Waals surface area contributed by atoms with Gasteiger partial charge in [0.2, 0.25) is 0 Å². The minimum Gasteiger partial charge on any atom is -0.366 e. The van der Waals surface area contributed by atoms with Crippen LogP contribution in [0, 0.1) is 0 Å². The molecule has 68 valence electrons. The maximum absolute atomic E-state index is 8.80. The van der Waals surface area contributed by atoms with Crippen molar-refractivity contribution >= 4 is 23.4 Å². The van der Waals surface area contributed by atoms with Gasteiger partial charge in [0, 0.05) is 6.04 Å². The molecule has 0 aromatic rings. The highest BCUT2D eigenvalue weighted by atomic mass is 35.5. The molecule has 0 aliphatic carbocycles. The average Bonchev–Trinajstić information content (AvgIpc) is 1.85. The molecule has 0 saturated heterocycles. The highest BCUT2D eigenvalue weighted by molar-refractivity contribution is 6.28. The van der Waals surface area contributed by atoms with Crippen molar-refractivity contribution in [2.45, 2.75) is 38.1 Å². The molecule has 0 aromatic carbocycles. The van der Waals surface area contributed by atoms with E-state index in [1.807, 2.05) is 0 Å². The van der Waals surface area contributed by atoms with Crippen molar-refractivity contribution in [2.75, 3.05) is 0 Å². The van der Waals surface area contributed by atoms with Gasteiger partial charge < -0.3 is 10.2 Å². The van der Waals surface area contributed by atoms with E-state index in [0.717, 1.165) is 0 Å². The fourth-order valence-electron chi connectivity index (χ4n) is 0.615. The highest BCUT2D eigenvalue weighted by Gasteiger charge is 2.36. The number of aliphatic hydroxyl groups excluding tert-OH is 1. The van der Waals surface area contributed by atoms with Crippen LogP contribution in [0.5, 0.6) is 0 Å². The van der Waals surface area contributed by atoms with E-state index in [2.05, 4.69) is 0 Å². The molecule has 0 aromatic heterocycles. The maximum atomic E-state index is 8.80. The monoisotopic (exact) mass is 201 g/mol. The quantitative estimate of drug-likeness (QED) is 0.312. The Hall–Kier alpha value is 0.460. The summed E-state index contributed by atoms with van der Waals surface area (Å²) in [5.41, 5.74) is 0. The second kappa shape index (κ2) is 3.92. The summed E-state index contributed by atoms with van der Waals surface area (Å²) in [5, 5.41) is 17.6. The minimum atomic E-state index is -1.66. The highest BCUT2D eigenvalue weighted by Crippen LogP contribution is 2.27. The Morgan fingerprint density at radius 2 is 1.73 bits per heavy atom. The van der Waals surface area contributed by atoms with Crippen LogP contribution in [-0.2, 0) is 0 Å². The van der Waals surface area contributed by atoms with Gasteiger partial charge in [0.05, 0.1) is 0 Å². The third-order valence-electron chi connectivity index (χ3n) is 1.34. The van der Waals surface area contributed by atoms with Crippen molar-refractivity contribution in [3.63, 3.8) is 0 Å². The Balaban J connectivity index is 4.29. The van der Waals surface area contributed by atoms with Gasteiger partial charge in [-0.2, -0.15) is 4.42 Å². The molecule has 1 unspecified atom stereocenters. The van der Waals surface area contributed by atoms with Gasteiger partial charge in [-0.3, -0.25) is 0 Å². The van der Waals surface area contributed by atoms with E-state index in [9.17, 15) is 0 Å². The summed E-state index contributed by atoms with van der Waals surface area (Å²) in [6, 6.07) is -0.0547. The van der Waals surface area contributed by atoms with Gasteiger partial charge in [0.25, 0.3) is 0 Å². The summed E-state index contributed by atoms with van der Waals surface area (Å²) in [6.07, 6.45) is -1.66. The van der Waals surface area contributed by atoms with Crippen molar-refractivity contribution in [2.24, 2.45) is 0 Å². The number of alkyl halides is 1. The third kappa shape index (κ3) is 2.76. The predicted molar refractivity (Wildman–Crippen MR) is 45.3 cm³/mol. The van der Waals surface area contributed by atoms with Crippen molar-refractivity contribution in [1.29, 1.82) is 0 Å². The van der Waals surface area contributed by atoms with E-state index in [1.54, 1.807) is 13.8 Å². The molecule has 11 heavy (non-hydrogen) atoms. The first kappa shape index (κ1) is 11.5. The molecular weight excluding hydrogens is 189 g/mol. The molecular formula is C6H13Cl2NO2. The summed E-state index contributed by atoms with van der Waals surface area (Å²) < 4.78 is 1.17. The van der Waals surface area contributed by atoms with Gasteiger partial charge in [0.15, 0.2) is 11.3 Å². The van der Waals surface area contributed by atoms with Crippen LogP contribution < -0.4 is 0 Å². The second-order valence-electron chi connectivity index (χ2n) is 2.80. The van der Waals surface area contributed by atoms with E-state index in [1.165, 1.54) is 11.3 Å². The molecule has 0 saturated carbocycles. The fourth-order valence-corrected chi connectivity index (χ4v) is 0.898. The maximum Gasteiger partial charge on any atom is 0.185 e. The minimum absolute atomic E-state index is 0.0547. The Bertz CT molecular complexity index is 128. The molecule has 0 bridgehead atoms. The fraction of sp³-hybridized carbons (Fsp3) is 1.00. The average molecular weight is 202 g/mol. The lowest BCUT2D eigenvalue weighted by Crippen LogP contribution is -2.48. The van der Waals surface area contributed by atoms with Crippen LogP contribution in [0.4, 0.5) is 0 Å². The van der Waals surface area contributed by atoms with E-state index in [4.69, 9.17) is 33.6 Å². The van der Waals surface area contributed by atoms with Gasteiger partial charge >= 0.3 is 0 Å². The zero-order valence-electron chi connectivity index (χ0n) is 6.75. The number of hydrogen-bond acceptors (Lipinski definition) is 3. The van der Waals surface area contributed by atoms with Crippen LogP contribution in [0.15, 0.2) is 0 Å². The smallest absolute Gasteiger partial charge is 0.185 e. The summed E-state index contributed by atoms with van der Waals surface area (Å²) in [6.45, 7) is 5.04. The Labute approximate surface area is 76.6 Å². The zero-order chi connectivity index (χ0) is 9.23. The van der Waals surface area contributed by atoms with Crippen LogP contribution in [0.25, 0.3) is 0 Å². The number of aliphatic hydroxyl groups is 2. The molecule has 5 heteroatoms. The van der Waals surface area contributed by atoms with Crippen LogP contribution in [0.3, 0.4) is 0 Å². The van der Waals surface area contributed by atoms with Crippen molar-refractivity contribution in [3.8, 4) is 0 Å². The molecule has 0 radical (unpaired) electrons. The number of nitrogens with zero attached hydrogens (tertiary/aromatic N) is 1. The van der Waals surface area contributed by atoms with Crippen molar-refractivity contribution < 1.29 is 10.2 Å². The topological polar surface area (TPSA) is 43.7 Å². The van der Waals surface area contributed by atoms with Gasteiger partial charge in [-0.15, -0.1) is 0 Å². The lowest BCUT2D eigenvalue weighted by Gasteiger charge is -2.34. The number of hydrogen-bond donors (Lipinski definition) is 2. The van der Waals surface area contributed by atoms with Gasteiger partial charge in [-0.25, -0.2) is 0 Å². The third-order valence-corrected chi connectivity index (χ3v) is 2.55. The SMILES string of the molecule is CC(C)N(Cl)C(C)(Cl)C(O)O. The first-order valence-corrected chi connectivity index (χ1v) is 4.02. The lowest BCUT2D eigenvalue weighted by molar-refractivity contribution is -0.0990. The van der Waals surface area contributed by atoms with Crippen LogP contribution in [0.2, 0.25) is 0 Å². The van der Waals surface area contributed by atoms with E-state index < -0.39 is 11.3 Å². The van der Waals surface area contributed by atoms with Crippen LogP contribution in [-0.4, -0.2) is 32.0 Å². The Morgan fingerprint density at radius 1 is 1.36 bits per heavy atom. The standard InChI is InChI=1S/C6H13Cl2NO2/c1-4(2)9(8)6(3,7)5(10)11/h4-5,10-11H,1-3H3. The largest absolute Gasteiger partial charge is 0.366 e. The summed E-state index contributed by atoms with van der Waals surface area (Å²) in [4.78, 5) is -1.34. The lowest BCUT2D eigenvalue weighted by atomic mass is 10.2.